The van der Waals surface area contributed by atoms with Crippen LogP contribution in [0.3, 0.4) is 0 Å². The zero-order valence-corrected chi connectivity index (χ0v) is 14.1. The van der Waals surface area contributed by atoms with Gasteiger partial charge in [0.1, 0.15) is 11.6 Å². The quantitative estimate of drug-likeness (QED) is 0.612. The molecule has 0 fully saturated rings. The molecule has 3 heterocycles. The van der Waals surface area contributed by atoms with Crippen molar-refractivity contribution in [2.75, 3.05) is 12.4 Å². The number of nitrogens with one attached hydrogen (secondary N) is 1. The largest absolute Gasteiger partial charge is 0.497 e. The number of aryl methyl sites for hydroxylation is 1. The summed E-state index contributed by atoms with van der Waals surface area (Å²) in [6, 6.07) is 11.3. The van der Waals surface area contributed by atoms with Crippen LogP contribution in [0, 0.1) is 13.8 Å². The van der Waals surface area contributed by atoms with Gasteiger partial charge in [-0.2, -0.15) is 9.50 Å². The summed E-state index contributed by atoms with van der Waals surface area (Å²) in [4.78, 5) is 9.00. The molecule has 4 rings (SSSR count). The molecule has 1 N–H and O–H groups in total. The maximum atomic E-state index is 5.39. The Morgan fingerprint density at radius 1 is 1.08 bits per heavy atom. The minimum Gasteiger partial charge on any atom is -0.497 e. The van der Waals surface area contributed by atoms with Crippen LogP contribution >= 0.6 is 0 Å². The summed E-state index contributed by atoms with van der Waals surface area (Å²) >= 11 is 0. The molecule has 3 aromatic heterocycles. The van der Waals surface area contributed by atoms with Crippen LogP contribution in [0.1, 0.15) is 11.3 Å². The van der Waals surface area contributed by atoms with Crippen molar-refractivity contribution in [3.8, 4) is 17.3 Å². The van der Waals surface area contributed by atoms with Gasteiger partial charge in [0.15, 0.2) is 5.76 Å². The Bertz CT molecular complexity index is 1020. The van der Waals surface area contributed by atoms with Gasteiger partial charge in [0, 0.05) is 16.9 Å². The Labute approximate surface area is 144 Å². The predicted octanol–water partition coefficient (Wildman–Crippen LogP) is 3.75. The average Bonchev–Trinajstić information content (AvgIpc) is 3.28. The van der Waals surface area contributed by atoms with Crippen LogP contribution in [0.4, 0.5) is 11.5 Å². The normalized spacial score (nSPS) is 11.0. The van der Waals surface area contributed by atoms with Crippen molar-refractivity contribution in [1.29, 1.82) is 0 Å². The topological polar surface area (TPSA) is 77.5 Å². The fourth-order valence-corrected chi connectivity index (χ4v) is 2.56. The third-order valence-electron chi connectivity index (χ3n) is 4.06. The SMILES string of the molecule is COc1ccc(Nc2c(C)c(C)nc3nc(-c4ccco4)nn23)cc1. The Kier molecular flexibility index (Phi) is 3.61. The van der Waals surface area contributed by atoms with Gasteiger partial charge < -0.3 is 14.5 Å². The summed E-state index contributed by atoms with van der Waals surface area (Å²) in [5.41, 5.74) is 2.81. The first kappa shape index (κ1) is 15.2. The lowest BCUT2D eigenvalue weighted by atomic mass is 10.2. The van der Waals surface area contributed by atoms with Gasteiger partial charge in [-0.15, -0.1) is 5.10 Å². The molecule has 0 atom stereocenters. The minimum absolute atomic E-state index is 0.500. The van der Waals surface area contributed by atoms with Crippen molar-refractivity contribution in [3.05, 3.63) is 53.9 Å². The number of nitrogens with zero attached hydrogens (tertiary/aromatic N) is 4. The van der Waals surface area contributed by atoms with Gasteiger partial charge in [-0.25, -0.2) is 4.98 Å². The number of hydrogen-bond donors (Lipinski definition) is 1. The van der Waals surface area contributed by atoms with Crippen LogP contribution in [0.25, 0.3) is 17.4 Å². The first-order chi connectivity index (χ1) is 12.2. The van der Waals surface area contributed by atoms with Gasteiger partial charge in [0.05, 0.1) is 13.4 Å². The molecule has 0 unspecified atom stereocenters. The molecule has 0 spiro atoms. The highest BCUT2D eigenvalue weighted by Gasteiger charge is 2.16. The first-order valence-corrected chi connectivity index (χ1v) is 7.84. The second-order valence-corrected chi connectivity index (χ2v) is 5.65. The molecule has 126 valence electrons. The zero-order valence-electron chi connectivity index (χ0n) is 14.1. The van der Waals surface area contributed by atoms with Crippen molar-refractivity contribution >= 4 is 17.3 Å². The maximum Gasteiger partial charge on any atom is 0.255 e. The van der Waals surface area contributed by atoms with E-state index in [4.69, 9.17) is 9.15 Å². The molecule has 0 aliphatic carbocycles. The first-order valence-electron chi connectivity index (χ1n) is 7.84. The molecule has 0 radical (unpaired) electrons. The van der Waals surface area contributed by atoms with E-state index < -0.39 is 0 Å². The minimum atomic E-state index is 0.500. The van der Waals surface area contributed by atoms with Gasteiger partial charge >= 0.3 is 0 Å². The smallest absolute Gasteiger partial charge is 0.255 e. The predicted molar refractivity (Wildman–Crippen MR) is 94.2 cm³/mol. The summed E-state index contributed by atoms with van der Waals surface area (Å²) in [6.45, 7) is 3.96. The molecule has 0 amide bonds. The van der Waals surface area contributed by atoms with Crippen molar-refractivity contribution in [2.24, 2.45) is 0 Å². The number of anilines is 2. The third-order valence-corrected chi connectivity index (χ3v) is 4.06. The number of ether oxygens (including phenoxy) is 1. The van der Waals surface area contributed by atoms with Gasteiger partial charge in [-0.05, 0) is 50.2 Å². The molecular formula is C18H17N5O2. The van der Waals surface area contributed by atoms with Crippen LogP contribution in [0.15, 0.2) is 47.1 Å². The summed E-state index contributed by atoms with van der Waals surface area (Å²) in [5, 5.41) is 7.95. The van der Waals surface area contributed by atoms with Crippen molar-refractivity contribution < 1.29 is 9.15 Å². The molecule has 0 saturated carbocycles. The maximum absolute atomic E-state index is 5.39. The molecule has 0 saturated heterocycles. The molecular weight excluding hydrogens is 318 g/mol. The second-order valence-electron chi connectivity index (χ2n) is 5.65. The number of aromatic nitrogens is 4. The van der Waals surface area contributed by atoms with Crippen LogP contribution in [0.2, 0.25) is 0 Å². The molecule has 4 aromatic rings. The lowest BCUT2D eigenvalue weighted by Crippen LogP contribution is -2.06. The highest BCUT2D eigenvalue weighted by atomic mass is 16.5. The van der Waals surface area contributed by atoms with E-state index in [2.05, 4.69) is 20.4 Å². The van der Waals surface area contributed by atoms with E-state index in [1.807, 2.05) is 50.2 Å². The van der Waals surface area contributed by atoms with Crippen LogP contribution in [0.5, 0.6) is 5.75 Å². The Morgan fingerprint density at radius 3 is 2.56 bits per heavy atom. The van der Waals surface area contributed by atoms with Crippen LogP contribution < -0.4 is 10.1 Å². The van der Waals surface area contributed by atoms with Crippen LogP contribution in [-0.4, -0.2) is 26.7 Å². The molecule has 1 aromatic carbocycles. The van der Waals surface area contributed by atoms with Gasteiger partial charge in [0.25, 0.3) is 5.78 Å². The van der Waals surface area contributed by atoms with E-state index in [9.17, 15) is 0 Å². The molecule has 0 bridgehead atoms. The average molecular weight is 335 g/mol. The van der Waals surface area contributed by atoms with Gasteiger partial charge in [-0.1, -0.05) is 0 Å². The highest BCUT2D eigenvalue weighted by molar-refractivity contribution is 5.64. The summed E-state index contributed by atoms with van der Waals surface area (Å²) < 4.78 is 12.3. The second kappa shape index (κ2) is 5.94. The fourth-order valence-electron chi connectivity index (χ4n) is 2.56. The molecule has 7 heteroatoms. The Morgan fingerprint density at radius 2 is 1.88 bits per heavy atom. The zero-order chi connectivity index (χ0) is 17.4. The highest BCUT2D eigenvalue weighted by Crippen LogP contribution is 2.26. The van der Waals surface area contributed by atoms with Crippen molar-refractivity contribution in [2.45, 2.75) is 13.8 Å². The molecule has 0 aliphatic heterocycles. The lowest BCUT2D eigenvalue weighted by molar-refractivity contribution is 0.415. The van der Waals surface area contributed by atoms with E-state index in [1.165, 1.54) is 0 Å². The van der Waals surface area contributed by atoms with E-state index >= 15 is 0 Å². The van der Waals surface area contributed by atoms with Crippen molar-refractivity contribution in [1.82, 2.24) is 19.6 Å². The number of hydrogen-bond acceptors (Lipinski definition) is 6. The van der Waals surface area contributed by atoms with Gasteiger partial charge in [0.2, 0.25) is 5.82 Å². The molecule has 7 nitrogen and oxygen atoms in total. The molecule has 25 heavy (non-hydrogen) atoms. The van der Waals surface area contributed by atoms with E-state index in [0.717, 1.165) is 28.5 Å². The van der Waals surface area contributed by atoms with E-state index in [1.54, 1.807) is 17.9 Å². The number of fused-ring (bicyclic) bond motifs is 1. The number of furan rings is 1. The summed E-state index contributed by atoms with van der Waals surface area (Å²) in [6.07, 6.45) is 1.60. The number of rotatable bonds is 4. The third kappa shape index (κ3) is 2.69. The van der Waals surface area contributed by atoms with Crippen molar-refractivity contribution in [3.63, 3.8) is 0 Å². The van der Waals surface area contributed by atoms with E-state index in [-0.39, 0.29) is 0 Å². The van der Waals surface area contributed by atoms with Crippen LogP contribution in [-0.2, 0) is 0 Å². The fraction of sp³-hybridized carbons (Fsp3) is 0.167. The Hall–Kier alpha value is -3.35. The number of benzene rings is 1. The summed E-state index contributed by atoms with van der Waals surface area (Å²) in [5.74, 6) is 3.25. The monoisotopic (exact) mass is 335 g/mol. The number of methoxy groups -OCH3 is 1. The molecule has 0 aliphatic rings. The van der Waals surface area contributed by atoms with Gasteiger partial charge in [-0.3, -0.25) is 0 Å². The summed E-state index contributed by atoms with van der Waals surface area (Å²) in [7, 11) is 1.65. The Balaban J connectivity index is 1.81. The lowest BCUT2D eigenvalue weighted by Gasteiger charge is -2.12. The van der Waals surface area contributed by atoms with E-state index in [0.29, 0.717) is 17.4 Å². The standard InChI is InChI=1S/C18H17N5O2/c1-11-12(2)19-18-21-16(15-5-4-10-25-15)22-23(18)17(11)20-13-6-8-14(24-3)9-7-13/h4-10,20H,1-3H3.